The van der Waals surface area contributed by atoms with Gasteiger partial charge in [-0.05, 0) is 50.2 Å². The molecular formula is C18H21N3O4S. The molecular weight excluding hydrogens is 354 g/mol. The van der Waals surface area contributed by atoms with Crippen LogP contribution in [0.1, 0.15) is 24.2 Å². The molecule has 1 fully saturated rings. The monoisotopic (exact) mass is 375 g/mol. The number of hydrogen-bond donors (Lipinski definition) is 1. The number of morpholine rings is 1. The fourth-order valence-corrected chi connectivity index (χ4v) is 4.48. The van der Waals surface area contributed by atoms with Gasteiger partial charge in [0.1, 0.15) is 0 Å². The van der Waals surface area contributed by atoms with E-state index in [1.54, 1.807) is 24.5 Å². The third kappa shape index (κ3) is 4.09. The molecule has 0 radical (unpaired) electrons. The van der Waals surface area contributed by atoms with E-state index in [1.165, 1.54) is 28.6 Å². The van der Waals surface area contributed by atoms with Crippen LogP contribution >= 0.6 is 0 Å². The molecule has 2 aromatic rings. The standard InChI is InChI=1S/C18H21N3O4S/c1-13-11-21(12-14(2)25-13)26(23,24)17-5-3-15(4-6-17)18(22)20-16-7-9-19-10-8-16/h3-10,13-14H,11-12H2,1-2H3,(H,19,20,22)/t13-,14+. The first-order chi connectivity index (χ1) is 12.4. The van der Waals surface area contributed by atoms with Gasteiger partial charge in [0.15, 0.2) is 0 Å². The molecule has 1 amide bonds. The van der Waals surface area contributed by atoms with E-state index in [0.29, 0.717) is 24.3 Å². The number of anilines is 1. The van der Waals surface area contributed by atoms with Crippen LogP contribution in [0, 0.1) is 0 Å². The molecule has 1 aliphatic rings. The second-order valence-electron chi connectivity index (χ2n) is 6.29. The molecule has 0 bridgehead atoms. The summed E-state index contributed by atoms with van der Waals surface area (Å²) in [6.45, 7) is 4.34. The normalized spacial score (nSPS) is 21.3. The zero-order valence-corrected chi connectivity index (χ0v) is 15.4. The SMILES string of the molecule is C[C@@H]1CN(S(=O)(=O)c2ccc(C(=O)Nc3ccncc3)cc2)C[C@H](C)O1. The number of aromatic nitrogens is 1. The molecule has 1 N–H and O–H groups in total. The van der Waals surface area contributed by atoms with Crippen LogP contribution < -0.4 is 5.32 Å². The van der Waals surface area contributed by atoms with Gasteiger partial charge < -0.3 is 10.1 Å². The van der Waals surface area contributed by atoms with Crippen molar-refractivity contribution in [3.05, 3.63) is 54.4 Å². The summed E-state index contributed by atoms with van der Waals surface area (Å²) in [5.74, 6) is -0.311. The van der Waals surface area contributed by atoms with Crippen LogP contribution in [-0.4, -0.2) is 48.9 Å². The van der Waals surface area contributed by atoms with Crippen molar-refractivity contribution in [2.75, 3.05) is 18.4 Å². The molecule has 8 heteroatoms. The van der Waals surface area contributed by atoms with Crippen molar-refractivity contribution < 1.29 is 17.9 Å². The largest absolute Gasteiger partial charge is 0.373 e. The van der Waals surface area contributed by atoms with Crippen LogP contribution in [0.2, 0.25) is 0 Å². The van der Waals surface area contributed by atoms with Gasteiger partial charge in [-0.15, -0.1) is 0 Å². The van der Waals surface area contributed by atoms with Crippen molar-refractivity contribution in [2.24, 2.45) is 0 Å². The minimum absolute atomic E-state index is 0.154. The quantitative estimate of drug-likeness (QED) is 0.884. The van der Waals surface area contributed by atoms with E-state index in [-0.39, 0.29) is 23.0 Å². The third-order valence-electron chi connectivity index (χ3n) is 4.08. The number of hydrogen-bond acceptors (Lipinski definition) is 5. The van der Waals surface area contributed by atoms with E-state index in [0.717, 1.165) is 0 Å². The van der Waals surface area contributed by atoms with Crippen molar-refractivity contribution in [3.8, 4) is 0 Å². The highest BCUT2D eigenvalue weighted by atomic mass is 32.2. The van der Waals surface area contributed by atoms with Gasteiger partial charge in [0.05, 0.1) is 17.1 Å². The molecule has 1 aromatic heterocycles. The highest BCUT2D eigenvalue weighted by Crippen LogP contribution is 2.21. The number of rotatable bonds is 4. The predicted octanol–water partition coefficient (Wildman–Crippen LogP) is 2.13. The molecule has 1 saturated heterocycles. The molecule has 2 atom stereocenters. The summed E-state index contributed by atoms with van der Waals surface area (Å²) in [4.78, 5) is 16.3. The predicted molar refractivity (Wildman–Crippen MR) is 97.4 cm³/mol. The van der Waals surface area contributed by atoms with E-state index in [9.17, 15) is 13.2 Å². The van der Waals surface area contributed by atoms with Crippen molar-refractivity contribution >= 4 is 21.6 Å². The lowest BCUT2D eigenvalue weighted by Gasteiger charge is -2.34. The molecule has 2 heterocycles. The fraction of sp³-hybridized carbons (Fsp3) is 0.333. The number of pyridine rings is 1. The summed E-state index contributed by atoms with van der Waals surface area (Å²) >= 11 is 0. The van der Waals surface area contributed by atoms with Gasteiger partial charge in [-0.25, -0.2) is 8.42 Å². The van der Waals surface area contributed by atoms with E-state index < -0.39 is 10.0 Å². The molecule has 1 aliphatic heterocycles. The fourth-order valence-electron chi connectivity index (χ4n) is 2.89. The van der Waals surface area contributed by atoms with Crippen LogP contribution in [0.5, 0.6) is 0 Å². The average Bonchev–Trinajstić information content (AvgIpc) is 2.62. The Balaban J connectivity index is 1.75. The van der Waals surface area contributed by atoms with Crippen molar-refractivity contribution in [3.63, 3.8) is 0 Å². The van der Waals surface area contributed by atoms with E-state index in [2.05, 4.69) is 10.3 Å². The second kappa shape index (κ2) is 7.53. The number of benzene rings is 1. The maximum Gasteiger partial charge on any atom is 0.255 e. The maximum atomic E-state index is 12.8. The lowest BCUT2D eigenvalue weighted by Crippen LogP contribution is -2.48. The van der Waals surface area contributed by atoms with Gasteiger partial charge in [0, 0.05) is 36.7 Å². The smallest absolute Gasteiger partial charge is 0.255 e. The Kier molecular flexibility index (Phi) is 5.36. The molecule has 0 saturated carbocycles. The summed E-state index contributed by atoms with van der Waals surface area (Å²) in [5.41, 5.74) is 1.00. The summed E-state index contributed by atoms with van der Waals surface area (Å²) in [7, 11) is -3.62. The molecule has 26 heavy (non-hydrogen) atoms. The zero-order chi connectivity index (χ0) is 18.7. The van der Waals surface area contributed by atoms with Crippen LogP contribution in [0.3, 0.4) is 0 Å². The summed E-state index contributed by atoms with van der Waals surface area (Å²) in [6.07, 6.45) is 2.85. The minimum atomic E-state index is -3.62. The maximum absolute atomic E-state index is 12.8. The van der Waals surface area contributed by atoms with Gasteiger partial charge in [0.2, 0.25) is 10.0 Å². The van der Waals surface area contributed by atoms with Gasteiger partial charge in [-0.2, -0.15) is 4.31 Å². The number of nitrogens with one attached hydrogen (secondary N) is 1. The lowest BCUT2D eigenvalue weighted by molar-refractivity contribution is -0.0440. The Hall–Kier alpha value is -2.29. The zero-order valence-electron chi connectivity index (χ0n) is 14.6. The number of sulfonamides is 1. The topological polar surface area (TPSA) is 88.6 Å². The first kappa shape index (κ1) is 18.5. The molecule has 0 aliphatic carbocycles. The first-order valence-corrected chi connectivity index (χ1v) is 9.77. The molecule has 0 unspecified atom stereocenters. The number of nitrogens with zero attached hydrogens (tertiary/aromatic N) is 2. The van der Waals surface area contributed by atoms with E-state index in [4.69, 9.17) is 4.74 Å². The van der Waals surface area contributed by atoms with Crippen molar-refractivity contribution in [1.82, 2.24) is 9.29 Å². The Morgan fingerprint density at radius 2 is 1.65 bits per heavy atom. The van der Waals surface area contributed by atoms with E-state index in [1.807, 2.05) is 13.8 Å². The van der Waals surface area contributed by atoms with E-state index >= 15 is 0 Å². The van der Waals surface area contributed by atoms with Crippen LogP contribution in [0.25, 0.3) is 0 Å². The molecule has 0 spiro atoms. The average molecular weight is 375 g/mol. The Bertz CT molecular complexity index is 859. The van der Waals surface area contributed by atoms with Crippen LogP contribution in [0.15, 0.2) is 53.7 Å². The molecule has 138 valence electrons. The second-order valence-corrected chi connectivity index (χ2v) is 8.23. The van der Waals surface area contributed by atoms with Gasteiger partial charge >= 0.3 is 0 Å². The Morgan fingerprint density at radius 3 is 2.23 bits per heavy atom. The van der Waals surface area contributed by atoms with Gasteiger partial charge in [-0.3, -0.25) is 9.78 Å². The third-order valence-corrected chi connectivity index (χ3v) is 5.92. The minimum Gasteiger partial charge on any atom is -0.373 e. The van der Waals surface area contributed by atoms with Gasteiger partial charge in [-0.1, -0.05) is 0 Å². The lowest BCUT2D eigenvalue weighted by atomic mass is 10.2. The number of carbonyl (C=O) groups is 1. The van der Waals surface area contributed by atoms with Crippen LogP contribution in [0.4, 0.5) is 5.69 Å². The summed E-state index contributed by atoms with van der Waals surface area (Å²) < 4.78 is 32.6. The summed E-state index contributed by atoms with van der Waals surface area (Å²) in [5, 5.41) is 2.74. The highest BCUT2D eigenvalue weighted by molar-refractivity contribution is 7.89. The Labute approximate surface area is 153 Å². The summed E-state index contributed by atoms with van der Waals surface area (Å²) in [6, 6.07) is 9.30. The Morgan fingerprint density at radius 1 is 1.08 bits per heavy atom. The van der Waals surface area contributed by atoms with Crippen molar-refractivity contribution in [1.29, 1.82) is 0 Å². The van der Waals surface area contributed by atoms with Crippen LogP contribution in [-0.2, 0) is 14.8 Å². The van der Waals surface area contributed by atoms with Crippen molar-refractivity contribution in [2.45, 2.75) is 31.0 Å². The number of carbonyl (C=O) groups excluding carboxylic acids is 1. The number of ether oxygens (including phenoxy) is 1. The molecule has 1 aromatic carbocycles. The highest BCUT2D eigenvalue weighted by Gasteiger charge is 2.32. The molecule has 3 rings (SSSR count). The van der Waals surface area contributed by atoms with Gasteiger partial charge in [0.25, 0.3) is 5.91 Å². The molecule has 7 nitrogen and oxygen atoms in total. The number of amides is 1. The first-order valence-electron chi connectivity index (χ1n) is 8.33.